The number of carbonyl (C=O) groups excluding carboxylic acids is 2. The van der Waals surface area contributed by atoms with Gasteiger partial charge in [-0.15, -0.1) is 0 Å². The predicted octanol–water partition coefficient (Wildman–Crippen LogP) is 4.04. The molecule has 1 unspecified atom stereocenters. The van der Waals surface area contributed by atoms with Crippen LogP contribution in [0.25, 0.3) is 0 Å². The third kappa shape index (κ3) is 3.66. The van der Waals surface area contributed by atoms with Gasteiger partial charge in [-0.25, -0.2) is 4.79 Å². The van der Waals surface area contributed by atoms with Gasteiger partial charge in [0.1, 0.15) is 11.5 Å². The molecule has 0 bridgehead atoms. The number of Topliss-reactive ketones (excluding diaryl/α,β-unsaturated/α-hetero) is 1. The molecule has 0 saturated heterocycles. The molecule has 1 aromatic carbocycles. The molecule has 7 nitrogen and oxygen atoms in total. The Morgan fingerprint density at radius 1 is 1.20 bits per heavy atom. The fourth-order valence-corrected chi connectivity index (χ4v) is 3.78. The van der Waals surface area contributed by atoms with Crippen molar-refractivity contribution in [3.05, 3.63) is 70.4 Å². The highest BCUT2D eigenvalue weighted by Gasteiger charge is 2.44. The van der Waals surface area contributed by atoms with Gasteiger partial charge >= 0.3 is 6.09 Å². The molecule has 0 aliphatic heterocycles. The van der Waals surface area contributed by atoms with Crippen LogP contribution >= 0.6 is 0 Å². The van der Waals surface area contributed by atoms with E-state index in [0.717, 1.165) is 42.2 Å². The third-order valence-corrected chi connectivity index (χ3v) is 5.33. The first-order valence-corrected chi connectivity index (χ1v) is 9.63. The maximum atomic E-state index is 13.3. The standard InChI is InChI=1S/C23H23NO6/c1-3-4-5-6-14-12-23(24-22(29)30,10-9-13(14)2)15-11-18(27)19-16(25)7-8-17(26)20(19)21(15)28/h5-11,24-26H,3-4,12H2,1-2H3,(H,29,30). The number of allylic oxidation sites excluding steroid dienone is 5. The summed E-state index contributed by atoms with van der Waals surface area (Å²) in [6, 6.07) is 2.26. The number of nitrogens with one attached hydrogen (secondary N) is 1. The number of carboxylic acid groups (broad SMARTS) is 1. The molecule has 7 heteroatoms. The zero-order chi connectivity index (χ0) is 22.1. The molecule has 30 heavy (non-hydrogen) atoms. The van der Waals surface area contributed by atoms with Crippen molar-refractivity contribution in [2.45, 2.75) is 38.6 Å². The Morgan fingerprint density at radius 3 is 2.50 bits per heavy atom. The number of carbonyl (C=O) groups is 3. The molecular formula is C23H23NO6. The van der Waals surface area contributed by atoms with Crippen LogP contribution in [0.15, 0.2) is 59.2 Å². The lowest BCUT2D eigenvalue weighted by molar-refractivity contribution is 0.0965. The van der Waals surface area contributed by atoms with Crippen LogP contribution in [0.2, 0.25) is 0 Å². The van der Waals surface area contributed by atoms with Gasteiger partial charge in [0.25, 0.3) is 0 Å². The van der Waals surface area contributed by atoms with Crippen LogP contribution < -0.4 is 5.32 Å². The fourth-order valence-electron chi connectivity index (χ4n) is 3.78. The number of hydrogen-bond acceptors (Lipinski definition) is 5. The average molecular weight is 409 g/mol. The summed E-state index contributed by atoms with van der Waals surface area (Å²) in [7, 11) is 0. The molecule has 1 aromatic rings. The van der Waals surface area contributed by atoms with Crippen molar-refractivity contribution < 1.29 is 29.7 Å². The second kappa shape index (κ2) is 8.02. The molecule has 2 aliphatic carbocycles. The van der Waals surface area contributed by atoms with Crippen LogP contribution in [0.5, 0.6) is 11.5 Å². The van der Waals surface area contributed by atoms with Crippen LogP contribution in [-0.2, 0) is 0 Å². The number of phenols is 2. The van der Waals surface area contributed by atoms with E-state index in [0.29, 0.717) is 0 Å². The van der Waals surface area contributed by atoms with E-state index >= 15 is 0 Å². The minimum atomic E-state index is -1.49. The Bertz CT molecular complexity index is 1060. The summed E-state index contributed by atoms with van der Waals surface area (Å²) < 4.78 is 0. The van der Waals surface area contributed by atoms with Crippen LogP contribution in [0.1, 0.15) is 53.8 Å². The highest BCUT2D eigenvalue weighted by Crippen LogP contribution is 2.41. The van der Waals surface area contributed by atoms with Gasteiger partial charge in [-0.3, -0.25) is 9.59 Å². The topological polar surface area (TPSA) is 124 Å². The normalized spacial score (nSPS) is 21.1. The summed E-state index contributed by atoms with van der Waals surface area (Å²) in [5.41, 5.74) is -0.461. The van der Waals surface area contributed by atoms with Crippen molar-refractivity contribution >= 4 is 17.7 Å². The first-order chi connectivity index (χ1) is 14.2. The van der Waals surface area contributed by atoms with Gasteiger partial charge in [-0.1, -0.05) is 37.6 Å². The number of aromatic hydroxyl groups is 2. The summed E-state index contributed by atoms with van der Waals surface area (Å²) in [5, 5.41) is 32.1. The van der Waals surface area contributed by atoms with Gasteiger partial charge in [0.15, 0.2) is 11.6 Å². The van der Waals surface area contributed by atoms with E-state index in [1.165, 1.54) is 0 Å². The largest absolute Gasteiger partial charge is 0.507 e. The number of rotatable bonds is 5. The lowest BCUT2D eigenvalue weighted by atomic mass is 9.72. The van der Waals surface area contributed by atoms with Gasteiger partial charge in [-0.05, 0) is 42.7 Å². The van der Waals surface area contributed by atoms with Crippen molar-refractivity contribution in [3.8, 4) is 11.5 Å². The monoisotopic (exact) mass is 409 g/mol. The first kappa shape index (κ1) is 21.1. The molecule has 4 N–H and O–H groups in total. The van der Waals surface area contributed by atoms with Gasteiger partial charge in [0, 0.05) is 12.0 Å². The molecule has 0 radical (unpaired) electrons. The highest BCUT2D eigenvalue weighted by atomic mass is 16.4. The van der Waals surface area contributed by atoms with Gasteiger partial charge in [0.05, 0.1) is 16.7 Å². The summed E-state index contributed by atoms with van der Waals surface area (Å²) in [5.74, 6) is -2.27. The second-order valence-electron chi connectivity index (χ2n) is 7.42. The van der Waals surface area contributed by atoms with Crippen molar-refractivity contribution in [2.75, 3.05) is 0 Å². The Morgan fingerprint density at radius 2 is 1.87 bits per heavy atom. The minimum absolute atomic E-state index is 0.103. The summed E-state index contributed by atoms with van der Waals surface area (Å²) in [6.45, 7) is 3.92. The van der Waals surface area contributed by atoms with Gasteiger partial charge < -0.3 is 20.6 Å². The smallest absolute Gasteiger partial charge is 0.405 e. The van der Waals surface area contributed by atoms with Crippen molar-refractivity contribution in [1.29, 1.82) is 0 Å². The number of hydrogen-bond donors (Lipinski definition) is 4. The molecule has 1 amide bonds. The fraction of sp³-hybridized carbons (Fsp3) is 0.261. The van der Waals surface area contributed by atoms with Gasteiger partial charge in [-0.2, -0.15) is 0 Å². The third-order valence-electron chi connectivity index (χ3n) is 5.33. The number of benzene rings is 1. The van der Waals surface area contributed by atoms with Crippen LogP contribution in [0.3, 0.4) is 0 Å². The molecule has 1 atom stereocenters. The molecule has 0 fully saturated rings. The summed E-state index contributed by atoms with van der Waals surface area (Å²) in [4.78, 5) is 37.6. The Kier molecular flexibility index (Phi) is 5.64. The molecule has 156 valence electrons. The molecule has 3 rings (SSSR count). The van der Waals surface area contributed by atoms with E-state index in [1.54, 1.807) is 12.2 Å². The molecule has 0 spiro atoms. The van der Waals surface area contributed by atoms with Crippen LogP contribution in [0, 0.1) is 0 Å². The average Bonchev–Trinajstić information content (AvgIpc) is 2.68. The van der Waals surface area contributed by atoms with E-state index in [-0.39, 0.29) is 23.1 Å². The zero-order valence-electron chi connectivity index (χ0n) is 16.7. The van der Waals surface area contributed by atoms with E-state index in [9.17, 15) is 29.7 Å². The maximum Gasteiger partial charge on any atom is 0.405 e. The van der Waals surface area contributed by atoms with E-state index < -0.39 is 34.7 Å². The van der Waals surface area contributed by atoms with E-state index in [2.05, 4.69) is 5.32 Å². The number of phenolic OH excluding ortho intramolecular Hbond substituents is 2. The Balaban J connectivity index is 2.13. The number of unbranched alkanes of at least 4 members (excludes halogenated alkanes) is 1. The van der Waals surface area contributed by atoms with E-state index in [4.69, 9.17) is 0 Å². The van der Waals surface area contributed by atoms with Crippen molar-refractivity contribution in [1.82, 2.24) is 5.32 Å². The van der Waals surface area contributed by atoms with Gasteiger partial charge in [0.2, 0.25) is 0 Å². The highest BCUT2D eigenvalue weighted by molar-refractivity contribution is 6.27. The lowest BCUT2D eigenvalue weighted by Gasteiger charge is -2.37. The number of amides is 1. The first-order valence-electron chi connectivity index (χ1n) is 9.63. The summed E-state index contributed by atoms with van der Waals surface area (Å²) >= 11 is 0. The van der Waals surface area contributed by atoms with Crippen molar-refractivity contribution in [2.24, 2.45) is 0 Å². The minimum Gasteiger partial charge on any atom is -0.507 e. The zero-order valence-corrected chi connectivity index (χ0v) is 16.7. The van der Waals surface area contributed by atoms with Crippen LogP contribution in [-0.4, -0.2) is 38.5 Å². The maximum absolute atomic E-state index is 13.3. The SMILES string of the molecule is CCCC=CC1=C(C)C=CC(NC(=O)O)(C2=CC(=O)c3c(O)ccc(O)c3C2=O)C1. The van der Waals surface area contributed by atoms with Crippen LogP contribution in [0.4, 0.5) is 4.79 Å². The quantitative estimate of drug-likeness (QED) is 0.544. The number of ketones is 2. The molecule has 0 saturated carbocycles. The van der Waals surface area contributed by atoms with E-state index in [1.807, 2.05) is 26.0 Å². The Hall–Kier alpha value is -3.61. The Labute approximate surface area is 173 Å². The molecule has 2 aliphatic rings. The molecule has 0 aromatic heterocycles. The molecule has 0 heterocycles. The summed E-state index contributed by atoms with van der Waals surface area (Å²) in [6.07, 6.45) is 8.74. The molecular weight excluding hydrogens is 386 g/mol. The second-order valence-corrected chi connectivity index (χ2v) is 7.42. The lowest BCUT2D eigenvalue weighted by Crippen LogP contribution is -2.51. The predicted molar refractivity (Wildman–Crippen MR) is 111 cm³/mol. The van der Waals surface area contributed by atoms with Crippen molar-refractivity contribution in [3.63, 3.8) is 0 Å². The number of fused-ring (bicyclic) bond motifs is 1.